The van der Waals surface area contributed by atoms with Crippen LogP contribution in [-0.4, -0.2) is 22.6 Å². The van der Waals surface area contributed by atoms with Crippen molar-refractivity contribution in [3.63, 3.8) is 0 Å². The molecule has 1 aliphatic rings. The van der Waals surface area contributed by atoms with Crippen molar-refractivity contribution in [2.75, 3.05) is 11.9 Å². The van der Waals surface area contributed by atoms with Crippen LogP contribution >= 0.6 is 39.7 Å². The number of halogens is 3. The molecular formula is C15H17BrClFN4OS. The van der Waals surface area contributed by atoms with Gasteiger partial charge < -0.3 is 11.1 Å². The summed E-state index contributed by atoms with van der Waals surface area (Å²) in [6.07, 6.45) is 2.85. The quantitative estimate of drug-likeness (QED) is 0.764. The van der Waals surface area contributed by atoms with E-state index in [0.717, 1.165) is 35.1 Å². The Bertz CT molecular complexity index is 729. The number of carbonyl (C=O) groups excluding carboxylic acids is 1. The van der Waals surface area contributed by atoms with E-state index in [0.29, 0.717) is 22.2 Å². The summed E-state index contributed by atoms with van der Waals surface area (Å²) in [5.41, 5.74) is 6.07. The Hall–Kier alpha value is -1.09. The third-order valence-electron chi connectivity index (χ3n) is 4.11. The Morgan fingerprint density at radius 1 is 1.42 bits per heavy atom. The first-order valence-corrected chi connectivity index (χ1v) is 8.99. The summed E-state index contributed by atoms with van der Waals surface area (Å²) in [7, 11) is 0. The number of anilines is 1. The van der Waals surface area contributed by atoms with Crippen LogP contribution in [0.25, 0.3) is 10.6 Å². The second kappa shape index (κ2) is 8.33. The number of nitrogens with zero attached hydrogens (tertiary/aromatic N) is 2. The van der Waals surface area contributed by atoms with Crippen LogP contribution in [-0.2, 0) is 4.79 Å². The predicted molar refractivity (Wildman–Crippen MR) is 98.8 cm³/mol. The summed E-state index contributed by atoms with van der Waals surface area (Å²) in [6, 6.07) is 4.63. The second-order valence-electron chi connectivity index (χ2n) is 5.56. The van der Waals surface area contributed by atoms with Crippen molar-refractivity contribution in [2.24, 2.45) is 17.6 Å². The minimum absolute atomic E-state index is 0. The van der Waals surface area contributed by atoms with Crippen molar-refractivity contribution in [2.45, 2.75) is 19.3 Å². The van der Waals surface area contributed by atoms with E-state index < -0.39 is 0 Å². The Morgan fingerprint density at radius 3 is 2.96 bits per heavy atom. The van der Waals surface area contributed by atoms with Crippen LogP contribution in [0.4, 0.5) is 9.52 Å². The summed E-state index contributed by atoms with van der Waals surface area (Å²) >= 11 is 4.47. The van der Waals surface area contributed by atoms with Gasteiger partial charge in [-0.25, -0.2) is 4.39 Å². The first-order valence-electron chi connectivity index (χ1n) is 7.38. The van der Waals surface area contributed by atoms with Gasteiger partial charge in [-0.3, -0.25) is 4.79 Å². The molecule has 0 bridgehead atoms. The minimum atomic E-state index is -0.374. The Morgan fingerprint density at radius 2 is 2.21 bits per heavy atom. The predicted octanol–water partition coefficient (Wildman–Crippen LogP) is 3.84. The highest BCUT2D eigenvalue weighted by Gasteiger charge is 2.32. The smallest absolute Gasteiger partial charge is 0.229 e. The number of hydrogen-bond donors (Lipinski definition) is 2. The number of carbonyl (C=O) groups is 1. The van der Waals surface area contributed by atoms with Crippen LogP contribution in [0.3, 0.4) is 0 Å². The van der Waals surface area contributed by atoms with Crippen molar-refractivity contribution in [1.29, 1.82) is 0 Å². The molecule has 0 aliphatic heterocycles. The maximum absolute atomic E-state index is 13.9. The lowest BCUT2D eigenvalue weighted by Crippen LogP contribution is -2.29. The normalized spacial score (nSPS) is 19.8. The standard InChI is InChI=1S/C15H16BrFN4OS.ClH/c16-9-4-5-12(17)11(6-9)14-20-21-15(23-14)19-13(22)10-3-1-2-8(10)7-18;/h4-6,8,10H,1-3,7,18H2,(H,19,21,22);1H/t8-,10-;/m1./s1. The Kier molecular flexibility index (Phi) is 6.68. The minimum Gasteiger partial charge on any atom is -0.330 e. The maximum Gasteiger partial charge on any atom is 0.229 e. The zero-order chi connectivity index (χ0) is 16.4. The first-order chi connectivity index (χ1) is 11.1. The molecule has 0 spiro atoms. The van der Waals surface area contributed by atoms with Crippen molar-refractivity contribution in [3.8, 4) is 10.6 Å². The molecule has 130 valence electrons. The van der Waals surface area contributed by atoms with E-state index in [1.165, 1.54) is 6.07 Å². The van der Waals surface area contributed by atoms with Gasteiger partial charge in [-0.2, -0.15) is 0 Å². The molecule has 2 atom stereocenters. The van der Waals surface area contributed by atoms with Crippen LogP contribution in [0, 0.1) is 17.7 Å². The average molecular weight is 436 g/mol. The van der Waals surface area contributed by atoms with Crippen LogP contribution in [0.15, 0.2) is 22.7 Å². The molecular weight excluding hydrogens is 419 g/mol. The summed E-state index contributed by atoms with van der Waals surface area (Å²) in [5.74, 6) is -0.295. The molecule has 2 aromatic rings. The van der Waals surface area contributed by atoms with E-state index in [1.807, 2.05) is 0 Å². The van der Waals surface area contributed by atoms with Crippen molar-refractivity contribution in [1.82, 2.24) is 10.2 Å². The lowest BCUT2D eigenvalue weighted by molar-refractivity contribution is -0.120. The number of nitrogens with one attached hydrogen (secondary N) is 1. The van der Waals surface area contributed by atoms with Gasteiger partial charge in [0.1, 0.15) is 5.82 Å². The number of aromatic nitrogens is 2. The van der Waals surface area contributed by atoms with Gasteiger partial charge in [0.25, 0.3) is 0 Å². The summed E-state index contributed by atoms with van der Waals surface area (Å²) < 4.78 is 14.6. The molecule has 1 heterocycles. The maximum atomic E-state index is 13.9. The van der Waals surface area contributed by atoms with Gasteiger partial charge in [-0.1, -0.05) is 33.7 Å². The van der Waals surface area contributed by atoms with E-state index >= 15 is 0 Å². The van der Waals surface area contributed by atoms with Gasteiger partial charge in [0, 0.05) is 16.0 Å². The highest BCUT2D eigenvalue weighted by atomic mass is 79.9. The lowest BCUT2D eigenvalue weighted by Gasteiger charge is -2.15. The van der Waals surface area contributed by atoms with Crippen LogP contribution in [0.1, 0.15) is 19.3 Å². The van der Waals surface area contributed by atoms with E-state index in [4.69, 9.17) is 5.73 Å². The highest BCUT2D eigenvalue weighted by molar-refractivity contribution is 9.10. The van der Waals surface area contributed by atoms with Gasteiger partial charge in [0.05, 0.1) is 0 Å². The monoisotopic (exact) mass is 434 g/mol. The molecule has 1 amide bonds. The van der Waals surface area contributed by atoms with Crippen LogP contribution in [0.5, 0.6) is 0 Å². The zero-order valence-electron chi connectivity index (χ0n) is 12.7. The largest absolute Gasteiger partial charge is 0.330 e. The summed E-state index contributed by atoms with van der Waals surface area (Å²) in [5, 5.41) is 11.5. The number of rotatable bonds is 4. The molecule has 3 rings (SSSR count). The molecule has 1 aliphatic carbocycles. The van der Waals surface area contributed by atoms with Gasteiger partial charge in [-0.15, -0.1) is 22.6 Å². The molecule has 0 saturated heterocycles. The number of nitrogens with two attached hydrogens (primary N) is 1. The Balaban J connectivity index is 0.00000208. The van der Waals surface area contributed by atoms with Gasteiger partial charge in [0.2, 0.25) is 11.0 Å². The van der Waals surface area contributed by atoms with Gasteiger partial charge >= 0.3 is 0 Å². The van der Waals surface area contributed by atoms with E-state index in [-0.39, 0.29) is 36.0 Å². The molecule has 1 saturated carbocycles. The SMILES string of the molecule is Cl.NC[C@H]1CCC[C@H]1C(=O)Nc1nnc(-c2cc(Br)ccc2F)s1. The zero-order valence-corrected chi connectivity index (χ0v) is 15.9. The molecule has 24 heavy (non-hydrogen) atoms. The Labute approximate surface area is 157 Å². The third kappa shape index (κ3) is 4.11. The number of hydrogen-bond acceptors (Lipinski definition) is 5. The van der Waals surface area contributed by atoms with Crippen molar-refractivity contribution in [3.05, 3.63) is 28.5 Å². The second-order valence-corrected chi connectivity index (χ2v) is 7.45. The van der Waals surface area contributed by atoms with Gasteiger partial charge in [0.15, 0.2) is 5.01 Å². The lowest BCUT2D eigenvalue weighted by atomic mass is 9.95. The van der Waals surface area contributed by atoms with Crippen molar-refractivity contribution < 1.29 is 9.18 Å². The molecule has 1 aromatic carbocycles. The molecule has 5 nitrogen and oxygen atoms in total. The summed E-state index contributed by atoms with van der Waals surface area (Å²) in [4.78, 5) is 12.3. The van der Waals surface area contributed by atoms with Crippen LogP contribution in [0.2, 0.25) is 0 Å². The fourth-order valence-electron chi connectivity index (χ4n) is 2.91. The number of benzene rings is 1. The highest BCUT2D eigenvalue weighted by Crippen LogP contribution is 2.34. The molecule has 0 radical (unpaired) electrons. The van der Waals surface area contributed by atoms with Crippen molar-refractivity contribution >= 4 is 50.7 Å². The third-order valence-corrected chi connectivity index (χ3v) is 5.48. The topological polar surface area (TPSA) is 80.9 Å². The fourth-order valence-corrected chi connectivity index (χ4v) is 4.03. The molecule has 1 aromatic heterocycles. The fraction of sp³-hybridized carbons (Fsp3) is 0.400. The van der Waals surface area contributed by atoms with E-state index in [1.54, 1.807) is 12.1 Å². The average Bonchev–Trinajstić information content (AvgIpc) is 3.18. The van der Waals surface area contributed by atoms with Gasteiger partial charge in [-0.05, 0) is 43.5 Å². The number of amides is 1. The van der Waals surface area contributed by atoms with E-state index in [9.17, 15) is 9.18 Å². The molecule has 1 fully saturated rings. The van der Waals surface area contributed by atoms with E-state index in [2.05, 4.69) is 31.4 Å². The first kappa shape index (κ1) is 19.2. The molecule has 0 unspecified atom stereocenters. The molecule has 3 N–H and O–H groups in total. The summed E-state index contributed by atoms with van der Waals surface area (Å²) in [6.45, 7) is 0.517. The molecule has 9 heteroatoms. The van der Waals surface area contributed by atoms with Crippen LogP contribution < -0.4 is 11.1 Å².